The van der Waals surface area contributed by atoms with Gasteiger partial charge in [0.1, 0.15) is 12.2 Å². The molecule has 1 aliphatic heterocycles. The number of esters is 3. The van der Waals surface area contributed by atoms with Gasteiger partial charge >= 0.3 is 17.9 Å². The Morgan fingerprint density at radius 1 is 1.43 bits per heavy atom. The van der Waals surface area contributed by atoms with E-state index >= 15 is 0 Å². The van der Waals surface area contributed by atoms with Crippen molar-refractivity contribution in [3.8, 4) is 0 Å². The van der Waals surface area contributed by atoms with Gasteiger partial charge in [0, 0.05) is 17.6 Å². The molecule has 154 valence electrons. The molecule has 1 saturated heterocycles. The fourth-order valence-corrected chi connectivity index (χ4v) is 3.33. The Morgan fingerprint density at radius 2 is 2.14 bits per heavy atom. The van der Waals surface area contributed by atoms with Crippen molar-refractivity contribution in [1.29, 1.82) is 0 Å². The van der Waals surface area contributed by atoms with Crippen molar-refractivity contribution in [2.45, 2.75) is 51.7 Å². The number of methoxy groups -OCH3 is 1. The largest absolute Gasteiger partial charge is 0.466 e. The Hall–Kier alpha value is -2.41. The van der Waals surface area contributed by atoms with Gasteiger partial charge in [0.05, 0.1) is 25.6 Å². The lowest BCUT2D eigenvalue weighted by Crippen LogP contribution is -2.35. The molecule has 0 radical (unpaired) electrons. The van der Waals surface area contributed by atoms with Gasteiger partial charge < -0.3 is 19.3 Å². The van der Waals surface area contributed by atoms with Gasteiger partial charge in [0.15, 0.2) is 0 Å². The molecule has 4 atom stereocenters. The van der Waals surface area contributed by atoms with Gasteiger partial charge in [0.2, 0.25) is 0 Å². The van der Waals surface area contributed by atoms with Crippen molar-refractivity contribution in [3.63, 3.8) is 0 Å². The summed E-state index contributed by atoms with van der Waals surface area (Å²) in [5.41, 5.74) is 1.21. The second-order valence-electron chi connectivity index (χ2n) is 7.15. The molecule has 7 heteroatoms. The minimum atomic E-state index is -0.815. The number of hydrogen-bond acceptors (Lipinski definition) is 7. The third kappa shape index (κ3) is 4.90. The van der Waals surface area contributed by atoms with Crippen molar-refractivity contribution in [1.82, 2.24) is 0 Å². The molecule has 0 spiro atoms. The lowest BCUT2D eigenvalue weighted by molar-refractivity contribution is -0.157. The third-order valence-electron chi connectivity index (χ3n) is 5.27. The SMILES string of the molecule is C=C1C(=O)O[C@@H]2/C=C(\CO)CC/C=C(/C(=O)OC)C[C@@H](OC(=O)C(C)CC)[C@@H]12. The first-order valence-electron chi connectivity index (χ1n) is 9.50. The molecule has 0 saturated carbocycles. The summed E-state index contributed by atoms with van der Waals surface area (Å²) in [4.78, 5) is 36.9. The Kier molecular flexibility index (Phi) is 7.57. The first-order chi connectivity index (χ1) is 13.3. The normalized spacial score (nSPS) is 30.1. The molecule has 0 bridgehead atoms. The number of hydrogen-bond donors (Lipinski definition) is 1. The lowest BCUT2D eigenvalue weighted by Gasteiger charge is -2.28. The van der Waals surface area contributed by atoms with Crippen LogP contribution in [0.5, 0.6) is 0 Å². The van der Waals surface area contributed by atoms with Crippen LogP contribution in [0.15, 0.2) is 35.5 Å². The van der Waals surface area contributed by atoms with Crippen LogP contribution in [0, 0.1) is 11.8 Å². The van der Waals surface area contributed by atoms with Crippen molar-refractivity contribution in [2.75, 3.05) is 13.7 Å². The van der Waals surface area contributed by atoms with Crippen molar-refractivity contribution < 1.29 is 33.7 Å². The molecule has 1 aliphatic carbocycles. The molecule has 7 nitrogen and oxygen atoms in total. The molecule has 1 N–H and O–H groups in total. The van der Waals surface area contributed by atoms with Crippen molar-refractivity contribution >= 4 is 17.9 Å². The molecular formula is C21H28O7. The van der Waals surface area contributed by atoms with E-state index in [0.717, 1.165) is 0 Å². The van der Waals surface area contributed by atoms with Crippen LogP contribution in [-0.2, 0) is 28.6 Å². The van der Waals surface area contributed by atoms with E-state index in [0.29, 0.717) is 30.4 Å². The van der Waals surface area contributed by atoms with E-state index in [1.165, 1.54) is 7.11 Å². The number of aliphatic hydroxyl groups excluding tert-OH is 1. The highest BCUT2D eigenvalue weighted by molar-refractivity contribution is 5.92. The van der Waals surface area contributed by atoms with Crippen LogP contribution in [0.4, 0.5) is 0 Å². The highest BCUT2D eigenvalue weighted by Crippen LogP contribution is 2.36. The molecular weight excluding hydrogens is 364 g/mol. The Bertz CT molecular complexity index is 704. The maximum Gasteiger partial charge on any atom is 0.334 e. The van der Waals surface area contributed by atoms with E-state index in [1.807, 2.05) is 6.92 Å². The van der Waals surface area contributed by atoms with Crippen LogP contribution in [0.2, 0.25) is 0 Å². The minimum absolute atomic E-state index is 0.0912. The summed E-state index contributed by atoms with van der Waals surface area (Å²) in [6, 6.07) is 0. The van der Waals surface area contributed by atoms with E-state index in [9.17, 15) is 19.5 Å². The number of ether oxygens (including phenoxy) is 3. The first kappa shape index (κ1) is 21.9. The third-order valence-corrected chi connectivity index (χ3v) is 5.27. The molecule has 0 aromatic rings. The van der Waals surface area contributed by atoms with E-state index in [-0.39, 0.29) is 24.5 Å². The first-order valence-corrected chi connectivity index (χ1v) is 9.50. The number of allylic oxidation sites excluding steroid dienone is 1. The fraction of sp³-hybridized carbons (Fsp3) is 0.571. The quantitative estimate of drug-likeness (QED) is 0.331. The number of carbonyl (C=O) groups is 3. The summed E-state index contributed by atoms with van der Waals surface area (Å²) >= 11 is 0. The standard InChI is InChI=1S/C21H28O7/c1-5-12(2)19(23)27-17-10-15(21(25)26-4)8-6-7-14(11-22)9-16-18(17)13(3)20(24)28-16/h8-9,12,16-18,22H,3,5-7,10-11H2,1-2,4H3/b14-9-,15-8+/t12?,16-,17-,18+/m1/s1. The van der Waals surface area contributed by atoms with Gasteiger partial charge in [0.25, 0.3) is 0 Å². The predicted molar refractivity (Wildman–Crippen MR) is 101 cm³/mol. The minimum Gasteiger partial charge on any atom is -0.466 e. The van der Waals surface area contributed by atoms with Gasteiger partial charge in [-0.25, -0.2) is 9.59 Å². The fourth-order valence-electron chi connectivity index (χ4n) is 3.33. The highest BCUT2D eigenvalue weighted by atomic mass is 16.6. The number of carbonyl (C=O) groups excluding carboxylic acids is 3. The zero-order valence-corrected chi connectivity index (χ0v) is 16.6. The van der Waals surface area contributed by atoms with Gasteiger partial charge in [-0.1, -0.05) is 26.5 Å². The Labute approximate surface area is 165 Å². The summed E-state index contributed by atoms with van der Waals surface area (Å²) in [6.07, 6.45) is 3.58. The number of aliphatic hydroxyl groups is 1. The maximum atomic E-state index is 12.5. The van der Waals surface area contributed by atoms with Crippen molar-refractivity contribution in [2.24, 2.45) is 11.8 Å². The molecule has 1 heterocycles. The molecule has 1 fully saturated rings. The summed E-state index contributed by atoms with van der Waals surface area (Å²) in [6.45, 7) is 7.24. The summed E-state index contributed by atoms with van der Waals surface area (Å²) in [7, 11) is 1.28. The number of rotatable bonds is 5. The number of fused-ring (bicyclic) bond motifs is 1. The average molecular weight is 392 g/mol. The molecule has 0 aromatic carbocycles. The molecule has 2 rings (SSSR count). The molecule has 28 heavy (non-hydrogen) atoms. The average Bonchev–Trinajstić information content (AvgIpc) is 2.97. The van der Waals surface area contributed by atoms with Crippen LogP contribution in [-0.4, -0.2) is 48.9 Å². The van der Waals surface area contributed by atoms with E-state index in [4.69, 9.17) is 14.2 Å². The van der Waals surface area contributed by atoms with Crippen molar-refractivity contribution in [3.05, 3.63) is 35.5 Å². The van der Waals surface area contributed by atoms with Crippen LogP contribution in [0.25, 0.3) is 0 Å². The van der Waals surface area contributed by atoms with E-state index in [1.54, 1.807) is 19.1 Å². The Balaban J connectivity index is 2.47. The molecule has 0 aromatic heterocycles. The Morgan fingerprint density at radius 3 is 2.75 bits per heavy atom. The molecule has 1 unspecified atom stereocenters. The second kappa shape index (κ2) is 9.68. The van der Waals surface area contributed by atoms with Gasteiger partial charge in [-0.15, -0.1) is 0 Å². The smallest absolute Gasteiger partial charge is 0.334 e. The maximum absolute atomic E-state index is 12.5. The highest BCUT2D eigenvalue weighted by Gasteiger charge is 2.45. The van der Waals surface area contributed by atoms with Crippen LogP contribution in [0.1, 0.15) is 39.5 Å². The predicted octanol–water partition coefficient (Wildman–Crippen LogP) is 2.24. The van der Waals surface area contributed by atoms with E-state index in [2.05, 4.69) is 6.58 Å². The van der Waals surface area contributed by atoms with Crippen LogP contribution < -0.4 is 0 Å². The van der Waals surface area contributed by atoms with Crippen LogP contribution >= 0.6 is 0 Å². The zero-order valence-electron chi connectivity index (χ0n) is 16.6. The summed E-state index contributed by atoms with van der Waals surface area (Å²) in [5.74, 6) is -2.48. The van der Waals surface area contributed by atoms with Gasteiger partial charge in [-0.3, -0.25) is 4.79 Å². The van der Waals surface area contributed by atoms with Crippen LogP contribution in [0.3, 0.4) is 0 Å². The van der Waals surface area contributed by atoms with E-state index < -0.39 is 36.0 Å². The lowest BCUT2D eigenvalue weighted by atomic mass is 9.85. The van der Waals surface area contributed by atoms with Gasteiger partial charge in [-0.2, -0.15) is 0 Å². The molecule has 2 aliphatic rings. The zero-order chi connectivity index (χ0) is 20.8. The van der Waals surface area contributed by atoms with Gasteiger partial charge in [-0.05, 0) is 30.9 Å². The topological polar surface area (TPSA) is 99.1 Å². The summed E-state index contributed by atoms with van der Waals surface area (Å²) < 4.78 is 16.0. The molecule has 0 amide bonds. The monoisotopic (exact) mass is 392 g/mol. The summed E-state index contributed by atoms with van der Waals surface area (Å²) in [5, 5.41) is 9.63. The second-order valence-corrected chi connectivity index (χ2v) is 7.15.